The van der Waals surface area contributed by atoms with Crippen molar-refractivity contribution >= 4 is 5.97 Å². The summed E-state index contributed by atoms with van der Waals surface area (Å²) < 4.78 is 1.77. The molecule has 1 atom stereocenters. The average molecular weight is 237 g/mol. The number of carboxylic acids is 1. The smallest absolute Gasteiger partial charge is 0.310 e. The first-order valence-corrected chi connectivity index (χ1v) is 5.99. The molecule has 0 radical (unpaired) electrons. The fourth-order valence-electron chi connectivity index (χ4n) is 2.52. The van der Waals surface area contributed by atoms with Gasteiger partial charge < -0.3 is 5.11 Å². The molecule has 1 unspecified atom stereocenters. The molecule has 1 aromatic heterocycles. The zero-order chi connectivity index (χ0) is 12.5. The van der Waals surface area contributed by atoms with E-state index in [4.69, 9.17) is 0 Å². The lowest BCUT2D eigenvalue weighted by molar-refractivity contribution is -0.148. The number of hydrogen-bond acceptors (Lipinski definition) is 3. The largest absolute Gasteiger partial charge is 0.481 e. The first kappa shape index (κ1) is 12.1. The molecule has 5 nitrogen and oxygen atoms in total. The van der Waals surface area contributed by atoms with E-state index in [1.165, 1.54) is 0 Å². The molecule has 0 saturated carbocycles. The summed E-state index contributed by atoms with van der Waals surface area (Å²) in [5, 5.41) is 13.4. The lowest BCUT2D eigenvalue weighted by Crippen LogP contribution is -2.33. The third-order valence-electron chi connectivity index (χ3n) is 3.73. The van der Waals surface area contributed by atoms with Crippen molar-refractivity contribution in [2.75, 3.05) is 13.1 Å². The van der Waals surface area contributed by atoms with E-state index in [9.17, 15) is 9.90 Å². The van der Waals surface area contributed by atoms with E-state index in [0.717, 1.165) is 25.1 Å². The molecule has 1 aliphatic rings. The monoisotopic (exact) mass is 237 g/mol. The highest BCUT2D eigenvalue weighted by Gasteiger charge is 2.43. The minimum atomic E-state index is -0.659. The van der Waals surface area contributed by atoms with Gasteiger partial charge in [-0.2, -0.15) is 5.10 Å². The van der Waals surface area contributed by atoms with Crippen LogP contribution in [-0.4, -0.2) is 38.8 Å². The molecule has 2 rings (SSSR count). The Hall–Kier alpha value is -1.36. The van der Waals surface area contributed by atoms with Crippen LogP contribution in [-0.2, 0) is 18.4 Å². The molecular weight excluding hydrogens is 218 g/mol. The Labute approximate surface area is 101 Å². The molecule has 0 aliphatic carbocycles. The minimum Gasteiger partial charge on any atom is -0.481 e. The zero-order valence-corrected chi connectivity index (χ0v) is 10.4. The van der Waals surface area contributed by atoms with Gasteiger partial charge in [-0.15, -0.1) is 0 Å². The summed E-state index contributed by atoms with van der Waals surface area (Å²) in [6.07, 6.45) is 5.27. The molecule has 17 heavy (non-hydrogen) atoms. The fraction of sp³-hybridized carbons (Fsp3) is 0.667. The van der Waals surface area contributed by atoms with E-state index in [1.807, 2.05) is 26.4 Å². The first-order chi connectivity index (χ1) is 8.05. The van der Waals surface area contributed by atoms with Gasteiger partial charge in [0, 0.05) is 31.9 Å². The summed E-state index contributed by atoms with van der Waals surface area (Å²) in [4.78, 5) is 13.5. The van der Waals surface area contributed by atoms with Crippen molar-refractivity contribution in [3.05, 3.63) is 18.0 Å². The summed E-state index contributed by atoms with van der Waals surface area (Å²) in [6.45, 7) is 4.26. The Balaban J connectivity index is 2.00. The van der Waals surface area contributed by atoms with Crippen molar-refractivity contribution < 1.29 is 9.90 Å². The summed E-state index contributed by atoms with van der Waals surface area (Å²) in [5.41, 5.74) is 0.604. The van der Waals surface area contributed by atoms with Gasteiger partial charge in [-0.25, -0.2) is 0 Å². The maximum atomic E-state index is 11.3. The number of carboxylic acid groups (broad SMARTS) is 1. The molecular formula is C12H19N3O2. The second-order valence-electron chi connectivity index (χ2n) is 4.92. The molecule has 1 aliphatic heterocycles. The quantitative estimate of drug-likeness (QED) is 0.852. The lowest BCUT2D eigenvalue weighted by atomic mass is 9.84. The van der Waals surface area contributed by atoms with Gasteiger partial charge in [0.15, 0.2) is 0 Å². The Bertz CT molecular complexity index is 416. The first-order valence-electron chi connectivity index (χ1n) is 5.99. The van der Waals surface area contributed by atoms with Gasteiger partial charge in [0.2, 0.25) is 0 Å². The van der Waals surface area contributed by atoms with Crippen LogP contribution in [0.5, 0.6) is 0 Å². The van der Waals surface area contributed by atoms with E-state index in [1.54, 1.807) is 4.68 Å². The van der Waals surface area contributed by atoms with E-state index >= 15 is 0 Å². The van der Waals surface area contributed by atoms with Crippen molar-refractivity contribution in [2.45, 2.75) is 26.3 Å². The third kappa shape index (κ3) is 2.34. The Kier molecular flexibility index (Phi) is 3.19. The number of aliphatic carboxylic acids is 1. The van der Waals surface area contributed by atoms with E-state index < -0.39 is 11.4 Å². The van der Waals surface area contributed by atoms with E-state index in [-0.39, 0.29) is 0 Å². The van der Waals surface area contributed by atoms with Gasteiger partial charge in [0.1, 0.15) is 0 Å². The van der Waals surface area contributed by atoms with Crippen molar-refractivity contribution in [3.8, 4) is 0 Å². The maximum Gasteiger partial charge on any atom is 0.310 e. The molecule has 0 spiro atoms. The number of likely N-dealkylation sites (tertiary alicyclic amines) is 1. The lowest BCUT2D eigenvalue weighted by Gasteiger charge is -2.22. The summed E-state index contributed by atoms with van der Waals surface area (Å²) in [7, 11) is 1.89. The van der Waals surface area contributed by atoms with Crippen LogP contribution in [0.3, 0.4) is 0 Å². The molecule has 1 N–H and O–H groups in total. The van der Waals surface area contributed by atoms with Gasteiger partial charge >= 0.3 is 5.97 Å². The second-order valence-corrected chi connectivity index (χ2v) is 4.92. The number of rotatable bonds is 4. The topological polar surface area (TPSA) is 58.4 Å². The molecule has 0 bridgehead atoms. The van der Waals surface area contributed by atoms with Crippen LogP contribution < -0.4 is 0 Å². The highest BCUT2D eigenvalue weighted by Crippen LogP contribution is 2.34. The zero-order valence-electron chi connectivity index (χ0n) is 10.4. The molecule has 1 aromatic rings. The van der Waals surface area contributed by atoms with Crippen LogP contribution in [0.25, 0.3) is 0 Å². The summed E-state index contributed by atoms with van der Waals surface area (Å²) >= 11 is 0. The molecule has 0 aromatic carbocycles. The van der Waals surface area contributed by atoms with E-state index in [0.29, 0.717) is 13.0 Å². The molecule has 5 heteroatoms. The Morgan fingerprint density at radius 1 is 1.65 bits per heavy atom. The van der Waals surface area contributed by atoms with Crippen LogP contribution in [0, 0.1) is 5.41 Å². The van der Waals surface area contributed by atoms with E-state index in [2.05, 4.69) is 10.00 Å². The Morgan fingerprint density at radius 2 is 2.41 bits per heavy atom. The second kappa shape index (κ2) is 4.49. The number of nitrogens with zero attached hydrogens (tertiary/aromatic N) is 3. The maximum absolute atomic E-state index is 11.3. The third-order valence-corrected chi connectivity index (χ3v) is 3.73. The van der Waals surface area contributed by atoms with Crippen LogP contribution in [0.2, 0.25) is 0 Å². The van der Waals surface area contributed by atoms with Crippen LogP contribution in [0.1, 0.15) is 25.3 Å². The highest BCUT2D eigenvalue weighted by atomic mass is 16.4. The average Bonchev–Trinajstić information content (AvgIpc) is 2.87. The van der Waals surface area contributed by atoms with Gasteiger partial charge in [-0.1, -0.05) is 6.92 Å². The summed E-state index contributed by atoms with van der Waals surface area (Å²) in [6, 6.07) is 0. The van der Waals surface area contributed by atoms with Gasteiger partial charge in [0.05, 0.1) is 11.6 Å². The Morgan fingerprint density at radius 3 is 2.88 bits per heavy atom. The SMILES string of the molecule is CCC1(C(=O)O)CCN(Cc2cnn(C)c2)C1. The van der Waals surface area contributed by atoms with Crippen molar-refractivity contribution in [1.82, 2.24) is 14.7 Å². The molecule has 2 heterocycles. The van der Waals surface area contributed by atoms with Gasteiger partial charge in [-0.05, 0) is 19.4 Å². The highest BCUT2D eigenvalue weighted by molar-refractivity contribution is 5.75. The standard InChI is InChI=1S/C12H19N3O2/c1-3-12(11(16)17)4-5-15(9-12)8-10-6-13-14(2)7-10/h6-7H,3-5,8-9H2,1-2H3,(H,16,17). The number of hydrogen-bond donors (Lipinski definition) is 1. The summed E-state index contributed by atoms with van der Waals surface area (Å²) in [5.74, 6) is -0.659. The molecule has 0 amide bonds. The number of carbonyl (C=O) groups is 1. The van der Waals surface area contributed by atoms with Crippen molar-refractivity contribution in [3.63, 3.8) is 0 Å². The van der Waals surface area contributed by atoms with Crippen molar-refractivity contribution in [2.24, 2.45) is 12.5 Å². The minimum absolute atomic E-state index is 0.539. The number of aromatic nitrogens is 2. The predicted molar refractivity (Wildman–Crippen MR) is 63.5 cm³/mol. The fourth-order valence-corrected chi connectivity index (χ4v) is 2.52. The van der Waals surface area contributed by atoms with Crippen molar-refractivity contribution in [1.29, 1.82) is 0 Å². The molecule has 94 valence electrons. The number of aryl methyl sites for hydroxylation is 1. The van der Waals surface area contributed by atoms with Crippen LogP contribution >= 0.6 is 0 Å². The molecule has 1 saturated heterocycles. The normalized spacial score (nSPS) is 25.3. The van der Waals surface area contributed by atoms with Gasteiger partial charge in [0.25, 0.3) is 0 Å². The predicted octanol–water partition coefficient (Wildman–Crippen LogP) is 1.11. The van der Waals surface area contributed by atoms with Gasteiger partial charge in [-0.3, -0.25) is 14.4 Å². The van der Waals surface area contributed by atoms with Crippen LogP contribution in [0.4, 0.5) is 0 Å². The molecule has 1 fully saturated rings. The van der Waals surface area contributed by atoms with Crippen LogP contribution in [0.15, 0.2) is 12.4 Å².